The molecular formula is C25H21FN6. The molecule has 6 nitrogen and oxygen atoms in total. The summed E-state index contributed by atoms with van der Waals surface area (Å²) in [5, 5.41) is 9.92. The van der Waals surface area contributed by atoms with E-state index in [2.05, 4.69) is 32.2 Å². The van der Waals surface area contributed by atoms with Gasteiger partial charge in [0.25, 0.3) is 0 Å². The molecule has 0 bridgehead atoms. The average Bonchev–Trinajstić information content (AvgIpc) is 3.29. The summed E-state index contributed by atoms with van der Waals surface area (Å²) in [7, 11) is 0. The third-order valence-electron chi connectivity index (χ3n) is 6.05. The van der Waals surface area contributed by atoms with Gasteiger partial charge in [0.2, 0.25) is 0 Å². The van der Waals surface area contributed by atoms with Crippen molar-refractivity contribution in [2.45, 2.75) is 0 Å². The maximum atomic E-state index is 13.3. The van der Waals surface area contributed by atoms with Crippen LogP contribution in [-0.4, -0.2) is 46.0 Å². The summed E-state index contributed by atoms with van der Waals surface area (Å²) < 4.78 is 15.1. The fraction of sp³-hybridized carbons (Fsp3) is 0.160. The van der Waals surface area contributed by atoms with Crippen LogP contribution in [0.2, 0.25) is 0 Å². The lowest BCUT2D eigenvalue weighted by molar-refractivity contribution is 0.624. The Morgan fingerprint density at radius 3 is 2.19 bits per heavy atom. The number of hydrogen-bond acceptors (Lipinski definition) is 5. The molecule has 7 heteroatoms. The summed E-state index contributed by atoms with van der Waals surface area (Å²) >= 11 is 0. The molecule has 6 rings (SSSR count). The first-order chi connectivity index (χ1) is 15.8. The molecule has 3 aromatic carbocycles. The van der Waals surface area contributed by atoms with Crippen LogP contribution in [0.4, 0.5) is 15.9 Å². The zero-order chi connectivity index (χ0) is 21.5. The predicted octanol–water partition coefficient (Wildman–Crippen LogP) is 4.41. The van der Waals surface area contributed by atoms with Gasteiger partial charge in [0.15, 0.2) is 5.65 Å². The third-order valence-corrected chi connectivity index (χ3v) is 6.05. The van der Waals surface area contributed by atoms with Crippen LogP contribution < -0.4 is 9.80 Å². The lowest BCUT2D eigenvalue weighted by Gasteiger charge is -2.37. The van der Waals surface area contributed by atoms with E-state index < -0.39 is 0 Å². The summed E-state index contributed by atoms with van der Waals surface area (Å²) in [5.74, 6) is 0.742. The smallest absolute Gasteiger partial charge is 0.186 e. The number of aromatic nitrogens is 4. The van der Waals surface area contributed by atoms with Crippen molar-refractivity contribution >= 4 is 28.1 Å². The molecule has 3 heterocycles. The van der Waals surface area contributed by atoms with E-state index in [0.717, 1.165) is 65.5 Å². The van der Waals surface area contributed by atoms with Crippen molar-refractivity contribution in [3.8, 4) is 11.3 Å². The highest BCUT2D eigenvalue weighted by Crippen LogP contribution is 2.30. The predicted molar refractivity (Wildman–Crippen MR) is 125 cm³/mol. The standard InChI is InChI=1S/C25H21FN6/c26-19-10-12-20(13-11-19)30-14-16-31(17-15-30)24-21-8-4-5-9-22(21)32-25(27-24)23(28-29-32)18-6-2-1-3-7-18/h1-13H,14-17H2. The number of hydrogen-bond donors (Lipinski definition) is 0. The number of halogens is 1. The number of anilines is 2. The van der Waals surface area contributed by atoms with E-state index in [0.29, 0.717) is 0 Å². The molecule has 1 saturated heterocycles. The molecule has 1 fully saturated rings. The fourth-order valence-electron chi connectivity index (χ4n) is 4.40. The minimum absolute atomic E-state index is 0.208. The first-order valence-electron chi connectivity index (χ1n) is 10.7. The summed E-state index contributed by atoms with van der Waals surface area (Å²) in [5.41, 5.74) is 4.57. The SMILES string of the molecule is Fc1ccc(N2CCN(c3nc4c(-c5ccccc5)nnn4c4ccccc34)CC2)cc1. The Balaban J connectivity index is 1.40. The van der Waals surface area contributed by atoms with Gasteiger partial charge in [-0.1, -0.05) is 47.7 Å². The van der Waals surface area contributed by atoms with Crippen LogP contribution in [0.5, 0.6) is 0 Å². The number of nitrogens with zero attached hydrogens (tertiary/aromatic N) is 6. The Morgan fingerprint density at radius 1 is 0.719 bits per heavy atom. The Kier molecular flexibility index (Phi) is 4.45. The maximum absolute atomic E-state index is 13.3. The zero-order valence-electron chi connectivity index (χ0n) is 17.4. The Hall–Kier alpha value is -4.00. The molecule has 0 radical (unpaired) electrons. The lowest BCUT2D eigenvalue weighted by atomic mass is 10.1. The average molecular weight is 424 g/mol. The zero-order valence-corrected chi connectivity index (χ0v) is 17.4. The Bertz CT molecular complexity index is 1390. The number of piperazine rings is 1. The molecule has 1 aliphatic heterocycles. The third kappa shape index (κ3) is 3.13. The quantitative estimate of drug-likeness (QED) is 0.429. The van der Waals surface area contributed by atoms with Crippen molar-refractivity contribution in [3.05, 3.63) is 84.7 Å². The van der Waals surface area contributed by atoms with Crippen molar-refractivity contribution in [1.82, 2.24) is 19.8 Å². The van der Waals surface area contributed by atoms with Gasteiger partial charge in [-0.2, -0.15) is 4.52 Å². The van der Waals surface area contributed by atoms with Gasteiger partial charge in [-0.25, -0.2) is 9.37 Å². The van der Waals surface area contributed by atoms with Crippen LogP contribution in [0.3, 0.4) is 0 Å². The normalized spacial score (nSPS) is 14.4. The van der Waals surface area contributed by atoms with Crippen molar-refractivity contribution < 1.29 is 4.39 Å². The fourth-order valence-corrected chi connectivity index (χ4v) is 4.40. The van der Waals surface area contributed by atoms with E-state index in [1.54, 1.807) is 0 Å². The topological polar surface area (TPSA) is 49.6 Å². The summed E-state index contributed by atoms with van der Waals surface area (Å²) in [6.07, 6.45) is 0. The van der Waals surface area contributed by atoms with Gasteiger partial charge in [0.1, 0.15) is 17.3 Å². The largest absolute Gasteiger partial charge is 0.368 e. The van der Waals surface area contributed by atoms with Crippen LogP contribution in [0.15, 0.2) is 78.9 Å². The van der Waals surface area contributed by atoms with E-state index in [1.807, 2.05) is 59.1 Å². The highest BCUT2D eigenvalue weighted by atomic mass is 19.1. The molecule has 2 aromatic heterocycles. The summed E-state index contributed by atoms with van der Waals surface area (Å²) in [6.45, 7) is 3.34. The molecule has 158 valence electrons. The van der Waals surface area contributed by atoms with Crippen molar-refractivity contribution in [1.29, 1.82) is 0 Å². The highest BCUT2D eigenvalue weighted by molar-refractivity contribution is 5.93. The highest BCUT2D eigenvalue weighted by Gasteiger charge is 2.23. The van der Waals surface area contributed by atoms with Crippen LogP contribution in [-0.2, 0) is 0 Å². The second-order valence-electron chi connectivity index (χ2n) is 7.94. The van der Waals surface area contributed by atoms with Crippen molar-refractivity contribution in [2.24, 2.45) is 0 Å². The Labute approximate surface area is 184 Å². The van der Waals surface area contributed by atoms with Gasteiger partial charge in [-0.3, -0.25) is 0 Å². The Morgan fingerprint density at radius 2 is 1.41 bits per heavy atom. The molecule has 0 amide bonds. The molecular weight excluding hydrogens is 403 g/mol. The van der Waals surface area contributed by atoms with Gasteiger partial charge in [0.05, 0.1) is 5.52 Å². The molecule has 0 atom stereocenters. The van der Waals surface area contributed by atoms with E-state index in [9.17, 15) is 4.39 Å². The van der Waals surface area contributed by atoms with E-state index in [-0.39, 0.29) is 5.82 Å². The summed E-state index contributed by atoms with van der Waals surface area (Å²) in [6, 6.07) is 25.0. The van der Waals surface area contributed by atoms with Crippen LogP contribution >= 0.6 is 0 Å². The molecule has 0 N–H and O–H groups in total. The minimum atomic E-state index is -0.208. The first-order valence-corrected chi connectivity index (χ1v) is 10.7. The summed E-state index contributed by atoms with van der Waals surface area (Å²) in [4.78, 5) is 9.68. The molecule has 0 spiro atoms. The van der Waals surface area contributed by atoms with Crippen molar-refractivity contribution in [3.63, 3.8) is 0 Å². The maximum Gasteiger partial charge on any atom is 0.186 e. The molecule has 1 aliphatic rings. The van der Waals surface area contributed by atoms with Gasteiger partial charge in [-0.15, -0.1) is 5.10 Å². The van der Waals surface area contributed by atoms with Crippen molar-refractivity contribution in [2.75, 3.05) is 36.0 Å². The molecule has 0 saturated carbocycles. The van der Waals surface area contributed by atoms with Gasteiger partial charge in [-0.05, 0) is 36.4 Å². The lowest BCUT2D eigenvalue weighted by Crippen LogP contribution is -2.47. The van der Waals surface area contributed by atoms with Gasteiger partial charge < -0.3 is 9.80 Å². The minimum Gasteiger partial charge on any atom is -0.368 e. The van der Waals surface area contributed by atoms with E-state index >= 15 is 0 Å². The number of fused-ring (bicyclic) bond motifs is 3. The van der Waals surface area contributed by atoms with Crippen LogP contribution in [0.25, 0.3) is 27.8 Å². The number of rotatable bonds is 3. The molecule has 0 unspecified atom stereocenters. The molecule has 0 aliphatic carbocycles. The van der Waals surface area contributed by atoms with Crippen LogP contribution in [0, 0.1) is 5.82 Å². The number of para-hydroxylation sites is 1. The second kappa shape index (κ2) is 7.60. The van der Waals surface area contributed by atoms with E-state index in [1.165, 1.54) is 12.1 Å². The number of benzene rings is 3. The first kappa shape index (κ1) is 18.7. The van der Waals surface area contributed by atoms with E-state index in [4.69, 9.17) is 4.98 Å². The molecule has 32 heavy (non-hydrogen) atoms. The van der Waals surface area contributed by atoms with Gasteiger partial charge >= 0.3 is 0 Å². The van der Waals surface area contributed by atoms with Gasteiger partial charge in [0, 0.05) is 42.8 Å². The monoisotopic (exact) mass is 424 g/mol. The second-order valence-corrected chi connectivity index (χ2v) is 7.94. The van der Waals surface area contributed by atoms with Crippen LogP contribution in [0.1, 0.15) is 0 Å². The molecule has 5 aromatic rings.